The van der Waals surface area contributed by atoms with Crippen LogP contribution >= 0.6 is 0 Å². The second-order valence-corrected chi connectivity index (χ2v) is 4.53. The second-order valence-electron chi connectivity index (χ2n) is 4.53. The molecule has 0 saturated carbocycles. The molecule has 4 nitrogen and oxygen atoms in total. The van der Waals surface area contributed by atoms with Gasteiger partial charge in [-0.1, -0.05) is 12.1 Å². The zero-order valence-electron chi connectivity index (χ0n) is 9.67. The standard InChI is InChI=1S/C13H17NO3/c15-12-2-1-7-14(9-12)8-10-3-5-11(6-4-10)13(16)17/h3-6,12,15H,1-2,7-9H2,(H,16,17)/t12-/m0/s1. The molecule has 0 aliphatic carbocycles. The second kappa shape index (κ2) is 5.29. The fraction of sp³-hybridized carbons (Fsp3) is 0.462. The van der Waals surface area contributed by atoms with E-state index in [1.165, 1.54) is 0 Å². The van der Waals surface area contributed by atoms with E-state index in [4.69, 9.17) is 5.11 Å². The van der Waals surface area contributed by atoms with Crippen LogP contribution in [0, 0.1) is 0 Å². The summed E-state index contributed by atoms with van der Waals surface area (Å²) in [7, 11) is 0. The molecule has 0 unspecified atom stereocenters. The first-order valence-electron chi connectivity index (χ1n) is 5.88. The van der Waals surface area contributed by atoms with Gasteiger partial charge in [0.2, 0.25) is 0 Å². The van der Waals surface area contributed by atoms with E-state index in [0.29, 0.717) is 12.1 Å². The zero-order valence-corrected chi connectivity index (χ0v) is 9.67. The average Bonchev–Trinajstić information content (AvgIpc) is 2.29. The molecular formula is C13H17NO3. The fourth-order valence-corrected chi connectivity index (χ4v) is 2.19. The quantitative estimate of drug-likeness (QED) is 0.830. The Kier molecular flexibility index (Phi) is 3.76. The Morgan fingerprint density at radius 1 is 1.35 bits per heavy atom. The number of carbonyl (C=O) groups is 1. The van der Waals surface area contributed by atoms with Crippen molar-refractivity contribution in [3.05, 3.63) is 35.4 Å². The normalized spacial score (nSPS) is 21.4. The number of aliphatic hydroxyl groups excluding tert-OH is 1. The van der Waals surface area contributed by atoms with Crippen molar-refractivity contribution in [3.63, 3.8) is 0 Å². The van der Waals surface area contributed by atoms with Crippen molar-refractivity contribution >= 4 is 5.97 Å². The Labute approximate surface area is 100 Å². The number of hydrogen-bond donors (Lipinski definition) is 2. The monoisotopic (exact) mass is 235 g/mol. The van der Waals surface area contributed by atoms with E-state index in [-0.39, 0.29) is 6.10 Å². The lowest BCUT2D eigenvalue weighted by atomic mass is 10.1. The van der Waals surface area contributed by atoms with Crippen LogP contribution in [0.1, 0.15) is 28.8 Å². The van der Waals surface area contributed by atoms with E-state index in [1.807, 2.05) is 12.1 Å². The van der Waals surface area contributed by atoms with Gasteiger partial charge in [0.05, 0.1) is 11.7 Å². The summed E-state index contributed by atoms with van der Waals surface area (Å²) in [6.45, 7) is 2.48. The van der Waals surface area contributed by atoms with Gasteiger partial charge in [-0.25, -0.2) is 4.79 Å². The summed E-state index contributed by atoms with van der Waals surface area (Å²) in [5.74, 6) is -0.898. The number of piperidine rings is 1. The Morgan fingerprint density at radius 3 is 2.65 bits per heavy atom. The van der Waals surface area contributed by atoms with E-state index in [1.54, 1.807) is 12.1 Å². The fourth-order valence-electron chi connectivity index (χ4n) is 2.19. The summed E-state index contributed by atoms with van der Waals surface area (Å²) in [5.41, 5.74) is 1.40. The largest absolute Gasteiger partial charge is 0.478 e. The summed E-state index contributed by atoms with van der Waals surface area (Å²) in [6.07, 6.45) is 1.69. The predicted molar refractivity (Wildman–Crippen MR) is 63.9 cm³/mol. The van der Waals surface area contributed by atoms with Crippen LogP contribution in [0.5, 0.6) is 0 Å². The highest BCUT2D eigenvalue weighted by Gasteiger charge is 2.17. The molecule has 4 heteroatoms. The van der Waals surface area contributed by atoms with Gasteiger partial charge in [0.15, 0.2) is 0 Å². The highest BCUT2D eigenvalue weighted by molar-refractivity contribution is 5.87. The molecule has 0 aromatic heterocycles. The van der Waals surface area contributed by atoms with Crippen molar-refractivity contribution in [3.8, 4) is 0 Å². The Balaban J connectivity index is 1.96. The Hall–Kier alpha value is -1.39. The maximum absolute atomic E-state index is 10.7. The number of β-amino-alcohol motifs (C(OH)–C–C–N with tert-alkyl or cyclic N) is 1. The van der Waals surface area contributed by atoms with Gasteiger partial charge in [-0.05, 0) is 37.1 Å². The summed E-state index contributed by atoms with van der Waals surface area (Å²) >= 11 is 0. The first kappa shape index (κ1) is 12.1. The van der Waals surface area contributed by atoms with Crippen LogP contribution in [-0.2, 0) is 6.54 Å². The SMILES string of the molecule is O=C(O)c1ccc(CN2CCC[C@H](O)C2)cc1. The van der Waals surface area contributed by atoms with Crippen molar-refractivity contribution in [1.29, 1.82) is 0 Å². The lowest BCUT2D eigenvalue weighted by Crippen LogP contribution is -2.37. The van der Waals surface area contributed by atoms with Crippen LogP contribution in [0.25, 0.3) is 0 Å². The average molecular weight is 235 g/mol. The molecule has 0 bridgehead atoms. The summed E-state index contributed by atoms with van der Waals surface area (Å²) in [6, 6.07) is 6.92. The van der Waals surface area contributed by atoms with Gasteiger partial charge in [0.25, 0.3) is 0 Å². The highest BCUT2D eigenvalue weighted by Crippen LogP contribution is 2.14. The molecule has 0 spiro atoms. The molecule has 1 atom stereocenters. The predicted octanol–water partition coefficient (Wildman–Crippen LogP) is 1.34. The molecule has 0 amide bonds. The molecule has 0 radical (unpaired) electrons. The van der Waals surface area contributed by atoms with Crippen LogP contribution in [0.2, 0.25) is 0 Å². The molecule has 1 aromatic rings. The van der Waals surface area contributed by atoms with Gasteiger partial charge in [0, 0.05) is 13.1 Å². The van der Waals surface area contributed by atoms with Crippen molar-refractivity contribution in [1.82, 2.24) is 4.90 Å². The van der Waals surface area contributed by atoms with Crippen molar-refractivity contribution in [2.45, 2.75) is 25.5 Å². The minimum Gasteiger partial charge on any atom is -0.478 e. The van der Waals surface area contributed by atoms with E-state index in [2.05, 4.69) is 4.90 Å². The molecule has 1 saturated heterocycles. The summed E-state index contributed by atoms with van der Waals surface area (Å²) in [4.78, 5) is 12.9. The van der Waals surface area contributed by atoms with Crippen LogP contribution < -0.4 is 0 Å². The number of aromatic carboxylic acids is 1. The maximum atomic E-state index is 10.7. The minimum absolute atomic E-state index is 0.220. The molecule has 2 rings (SSSR count). The lowest BCUT2D eigenvalue weighted by molar-refractivity contribution is 0.0668. The molecule has 1 fully saturated rings. The number of aliphatic hydroxyl groups is 1. The van der Waals surface area contributed by atoms with Gasteiger partial charge in [-0.2, -0.15) is 0 Å². The van der Waals surface area contributed by atoms with E-state index in [0.717, 1.165) is 31.5 Å². The molecule has 1 aliphatic heterocycles. The third kappa shape index (κ3) is 3.28. The number of nitrogens with zero attached hydrogens (tertiary/aromatic N) is 1. The lowest BCUT2D eigenvalue weighted by Gasteiger charge is -2.29. The molecule has 1 aliphatic rings. The van der Waals surface area contributed by atoms with Crippen LogP contribution in [0.4, 0.5) is 0 Å². The zero-order chi connectivity index (χ0) is 12.3. The minimum atomic E-state index is -0.898. The third-order valence-electron chi connectivity index (χ3n) is 3.09. The van der Waals surface area contributed by atoms with Crippen molar-refractivity contribution in [2.75, 3.05) is 13.1 Å². The smallest absolute Gasteiger partial charge is 0.335 e. The molecule has 2 N–H and O–H groups in total. The van der Waals surface area contributed by atoms with Gasteiger partial charge in [-0.15, -0.1) is 0 Å². The molecule has 1 heterocycles. The van der Waals surface area contributed by atoms with Gasteiger partial charge >= 0.3 is 5.97 Å². The molecule has 1 aromatic carbocycles. The number of benzene rings is 1. The number of likely N-dealkylation sites (tertiary alicyclic amines) is 1. The molecule has 92 valence electrons. The summed E-state index contributed by atoms with van der Waals surface area (Å²) < 4.78 is 0. The van der Waals surface area contributed by atoms with Crippen LogP contribution in [-0.4, -0.2) is 40.3 Å². The number of carboxylic acids is 1. The maximum Gasteiger partial charge on any atom is 0.335 e. The number of hydrogen-bond acceptors (Lipinski definition) is 3. The van der Waals surface area contributed by atoms with E-state index in [9.17, 15) is 9.90 Å². The first-order chi connectivity index (χ1) is 8.15. The topological polar surface area (TPSA) is 60.8 Å². The Bertz CT molecular complexity index is 388. The van der Waals surface area contributed by atoms with Gasteiger partial charge < -0.3 is 10.2 Å². The number of carboxylic acid groups (broad SMARTS) is 1. The van der Waals surface area contributed by atoms with Crippen molar-refractivity contribution < 1.29 is 15.0 Å². The highest BCUT2D eigenvalue weighted by atomic mass is 16.4. The van der Waals surface area contributed by atoms with Crippen LogP contribution in [0.15, 0.2) is 24.3 Å². The van der Waals surface area contributed by atoms with Gasteiger partial charge in [0.1, 0.15) is 0 Å². The Morgan fingerprint density at radius 2 is 2.06 bits per heavy atom. The third-order valence-corrected chi connectivity index (χ3v) is 3.09. The van der Waals surface area contributed by atoms with Crippen LogP contribution in [0.3, 0.4) is 0 Å². The molecular weight excluding hydrogens is 218 g/mol. The van der Waals surface area contributed by atoms with Gasteiger partial charge in [-0.3, -0.25) is 4.90 Å². The van der Waals surface area contributed by atoms with Crippen molar-refractivity contribution in [2.24, 2.45) is 0 Å². The number of rotatable bonds is 3. The summed E-state index contributed by atoms with van der Waals surface area (Å²) in [5, 5.41) is 18.3. The van der Waals surface area contributed by atoms with E-state index < -0.39 is 5.97 Å². The van der Waals surface area contributed by atoms with E-state index >= 15 is 0 Å². The first-order valence-corrected chi connectivity index (χ1v) is 5.88. The molecule has 17 heavy (non-hydrogen) atoms.